The number of benzene rings is 2. The highest BCUT2D eigenvalue weighted by Gasteiger charge is 2.20. The molecule has 0 saturated heterocycles. The van der Waals surface area contributed by atoms with Crippen molar-refractivity contribution in [2.24, 2.45) is 0 Å². The van der Waals surface area contributed by atoms with Crippen molar-refractivity contribution in [3.8, 4) is 17.3 Å². The van der Waals surface area contributed by atoms with Crippen molar-refractivity contribution < 1.29 is 9.21 Å². The molecule has 5 rings (SSSR count). The van der Waals surface area contributed by atoms with Crippen LogP contribution in [0.4, 0.5) is 5.13 Å². The summed E-state index contributed by atoms with van der Waals surface area (Å²) in [5.74, 6) is 1.23. The molecule has 0 saturated carbocycles. The number of nitrogens with one attached hydrogen (secondary N) is 1. The van der Waals surface area contributed by atoms with Gasteiger partial charge in [-0.05, 0) is 36.2 Å². The molecule has 3 heterocycles. The normalized spacial score (nSPS) is 11.0. The average molecular weight is 488 g/mol. The molecule has 0 aliphatic heterocycles. The maximum Gasteiger partial charge on any atom is 0.236 e. The predicted molar refractivity (Wildman–Crippen MR) is 135 cm³/mol. The SMILES string of the molecule is Cc1ccccc1-n1c(SCC(=O)Nc2ncc(Cc3ccccc3)s2)nnc1-c1ccco1. The van der Waals surface area contributed by atoms with E-state index in [9.17, 15) is 4.79 Å². The number of carbonyl (C=O) groups excluding carboxylic acids is 1. The third-order valence-electron chi connectivity index (χ3n) is 5.08. The number of aryl methyl sites for hydroxylation is 1. The number of thiazole rings is 1. The number of hydrogen-bond donors (Lipinski definition) is 1. The Bertz CT molecular complexity index is 1390. The van der Waals surface area contributed by atoms with E-state index >= 15 is 0 Å². The number of anilines is 1. The molecular formula is C25H21N5O2S2. The Labute approximate surface area is 204 Å². The van der Waals surface area contributed by atoms with E-state index < -0.39 is 0 Å². The molecule has 7 nitrogen and oxygen atoms in total. The van der Waals surface area contributed by atoms with Gasteiger partial charge in [0.2, 0.25) is 11.7 Å². The number of nitrogens with zero attached hydrogens (tertiary/aromatic N) is 4. The van der Waals surface area contributed by atoms with E-state index in [1.165, 1.54) is 28.7 Å². The van der Waals surface area contributed by atoms with Crippen LogP contribution in [0.25, 0.3) is 17.3 Å². The van der Waals surface area contributed by atoms with E-state index in [1.54, 1.807) is 6.26 Å². The Balaban J connectivity index is 1.29. The van der Waals surface area contributed by atoms with Gasteiger partial charge in [0.25, 0.3) is 0 Å². The van der Waals surface area contributed by atoms with Crippen LogP contribution < -0.4 is 5.32 Å². The van der Waals surface area contributed by atoms with E-state index in [0.29, 0.717) is 21.9 Å². The van der Waals surface area contributed by atoms with Crippen LogP contribution in [0.15, 0.2) is 88.8 Å². The molecule has 0 aliphatic carbocycles. The summed E-state index contributed by atoms with van der Waals surface area (Å²) in [5.41, 5.74) is 3.21. The van der Waals surface area contributed by atoms with Crippen LogP contribution in [-0.4, -0.2) is 31.4 Å². The van der Waals surface area contributed by atoms with Gasteiger partial charge in [0.1, 0.15) is 0 Å². The molecule has 1 amide bonds. The van der Waals surface area contributed by atoms with Crippen molar-refractivity contribution in [3.05, 3.63) is 95.2 Å². The maximum absolute atomic E-state index is 12.7. The average Bonchev–Trinajstić information content (AvgIpc) is 3.60. The standard InChI is InChI=1S/C25H21N5O2S2/c1-17-8-5-6-11-20(17)30-23(21-12-7-13-32-21)28-29-25(30)33-16-22(31)27-24-26-15-19(34-24)14-18-9-3-2-4-10-18/h2-13,15H,14,16H2,1H3,(H,26,27,31). The van der Waals surface area contributed by atoms with Crippen molar-refractivity contribution in [2.75, 3.05) is 11.1 Å². The second-order valence-electron chi connectivity index (χ2n) is 7.54. The molecule has 0 aliphatic rings. The second-order valence-corrected chi connectivity index (χ2v) is 9.59. The summed E-state index contributed by atoms with van der Waals surface area (Å²) in [5, 5.41) is 12.8. The van der Waals surface area contributed by atoms with Crippen LogP contribution in [0, 0.1) is 6.92 Å². The minimum absolute atomic E-state index is 0.149. The summed E-state index contributed by atoms with van der Waals surface area (Å²) >= 11 is 2.80. The Morgan fingerprint density at radius 2 is 1.88 bits per heavy atom. The van der Waals surface area contributed by atoms with Crippen LogP contribution >= 0.6 is 23.1 Å². The summed E-state index contributed by atoms with van der Waals surface area (Å²) in [6.45, 7) is 2.03. The lowest BCUT2D eigenvalue weighted by atomic mass is 10.1. The molecule has 5 aromatic rings. The van der Waals surface area contributed by atoms with E-state index in [4.69, 9.17) is 4.42 Å². The molecule has 0 unspecified atom stereocenters. The summed E-state index contributed by atoms with van der Waals surface area (Å²) in [4.78, 5) is 18.1. The van der Waals surface area contributed by atoms with Crippen molar-refractivity contribution in [1.82, 2.24) is 19.7 Å². The Kier molecular flexibility index (Phi) is 6.55. The Morgan fingerprint density at radius 1 is 1.06 bits per heavy atom. The first kappa shape index (κ1) is 22.1. The molecule has 1 N–H and O–H groups in total. The van der Waals surface area contributed by atoms with Crippen molar-refractivity contribution in [2.45, 2.75) is 18.5 Å². The minimum Gasteiger partial charge on any atom is -0.461 e. The lowest BCUT2D eigenvalue weighted by Gasteiger charge is -2.11. The number of rotatable bonds is 8. The summed E-state index contributed by atoms with van der Waals surface area (Å²) in [7, 11) is 0. The number of furan rings is 1. The topological polar surface area (TPSA) is 85.8 Å². The summed E-state index contributed by atoms with van der Waals surface area (Å²) in [6.07, 6.45) is 4.20. The smallest absolute Gasteiger partial charge is 0.236 e. The summed E-state index contributed by atoms with van der Waals surface area (Å²) in [6, 6.07) is 21.8. The van der Waals surface area contributed by atoms with Gasteiger partial charge in [0.15, 0.2) is 16.0 Å². The zero-order valence-electron chi connectivity index (χ0n) is 18.3. The molecule has 0 spiro atoms. The number of hydrogen-bond acceptors (Lipinski definition) is 7. The third-order valence-corrected chi connectivity index (χ3v) is 6.93. The third kappa shape index (κ3) is 4.95. The molecule has 9 heteroatoms. The van der Waals surface area contributed by atoms with Crippen LogP contribution in [0.5, 0.6) is 0 Å². The molecule has 0 fully saturated rings. The number of aromatic nitrogens is 4. The minimum atomic E-state index is -0.149. The van der Waals surface area contributed by atoms with E-state index in [-0.39, 0.29) is 11.7 Å². The van der Waals surface area contributed by atoms with Crippen molar-refractivity contribution in [1.29, 1.82) is 0 Å². The van der Waals surface area contributed by atoms with E-state index in [0.717, 1.165) is 22.5 Å². The van der Waals surface area contributed by atoms with Gasteiger partial charge in [-0.25, -0.2) is 4.98 Å². The van der Waals surface area contributed by atoms with Gasteiger partial charge in [-0.3, -0.25) is 9.36 Å². The number of carbonyl (C=O) groups is 1. The van der Waals surface area contributed by atoms with E-state index in [2.05, 4.69) is 32.6 Å². The lowest BCUT2D eigenvalue weighted by molar-refractivity contribution is -0.113. The molecular weight excluding hydrogens is 466 g/mol. The Hall–Kier alpha value is -3.69. The van der Waals surface area contributed by atoms with Gasteiger partial charge in [-0.2, -0.15) is 0 Å². The van der Waals surface area contributed by atoms with Gasteiger partial charge in [-0.15, -0.1) is 21.5 Å². The van der Waals surface area contributed by atoms with Crippen molar-refractivity contribution in [3.63, 3.8) is 0 Å². The van der Waals surface area contributed by atoms with Gasteiger partial charge < -0.3 is 9.73 Å². The monoisotopic (exact) mass is 487 g/mol. The first-order chi connectivity index (χ1) is 16.7. The first-order valence-corrected chi connectivity index (χ1v) is 12.4. The Morgan fingerprint density at radius 3 is 2.68 bits per heavy atom. The fourth-order valence-electron chi connectivity index (χ4n) is 3.49. The highest BCUT2D eigenvalue weighted by Crippen LogP contribution is 2.30. The second kappa shape index (κ2) is 10.1. The molecule has 0 radical (unpaired) electrons. The number of amides is 1. The van der Waals surface area contributed by atoms with Crippen molar-refractivity contribution >= 4 is 34.1 Å². The van der Waals surface area contributed by atoms with Crippen LogP contribution in [0.2, 0.25) is 0 Å². The molecule has 2 aromatic carbocycles. The number of para-hydroxylation sites is 1. The molecule has 3 aromatic heterocycles. The van der Waals surface area contributed by atoms with E-state index in [1.807, 2.05) is 72.3 Å². The van der Waals surface area contributed by atoms with Crippen LogP contribution in [0.1, 0.15) is 16.0 Å². The fourth-order valence-corrected chi connectivity index (χ4v) is 5.10. The van der Waals surface area contributed by atoms with Crippen LogP contribution in [0.3, 0.4) is 0 Å². The molecule has 0 bridgehead atoms. The maximum atomic E-state index is 12.7. The lowest BCUT2D eigenvalue weighted by Crippen LogP contribution is -2.14. The zero-order chi connectivity index (χ0) is 23.3. The van der Waals surface area contributed by atoms with Crippen LogP contribution in [-0.2, 0) is 11.2 Å². The first-order valence-electron chi connectivity index (χ1n) is 10.6. The van der Waals surface area contributed by atoms with Gasteiger partial charge in [0, 0.05) is 17.5 Å². The highest BCUT2D eigenvalue weighted by molar-refractivity contribution is 7.99. The molecule has 170 valence electrons. The summed E-state index contributed by atoms with van der Waals surface area (Å²) < 4.78 is 7.49. The zero-order valence-corrected chi connectivity index (χ0v) is 20.0. The highest BCUT2D eigenvalue weighted by atomic mass is 32.2. The number of thioether (sulfide) groups is 1. The van der Waals surface area contributed by atoms with Gasteiger partial charge >= 0.3 is 0 Å². The quantitative estimate of drug-likeness (QED) is 0.286. The molecule has 0 atom stereocenters. The predicted octanol–water partition coefficient (Wildman–Crippen LogP) is 5.61. The largest absolute Gasteiger partial charge is 0.461 e. The molecule has 34 heavy (non-hydrogen) atoms. The fraction of sp³-hybridized carbons (Fsp3) is 0.120. The van der Waals surface area contributed by atoms with Gasteiger partial charge in [-0.1, -0.05) is 60.3 Å². The van der Waals surface area contributed by atoms with Gasteiger partial charge in [0.05, 0.1) is 17.7 Å².